The zero-order chi connectivity index (χ0) is 15.7. The van der Waals surface area contributed by atoms with Gasteiger partial charge in [-0.1, -0.05) is 19.8 Å². The first-order chi connectivity index (χ1) is 10.6. The maximum Gasteiger partial charge on any atom is 0.257 e. The van der Waals surface area contributed by atoms with Crippen LogP contribution < -0.4 is 4.74 Å². The summed E-state index contributed by atoms with van der Waals surface area (Å²) in [4.78, 5) is 14.9. The molecule has 2 fully saturated rings. The average Bonchev–Trinajstić information content (AvgIpc) is 2.55. The number of carbonyl (C=O) groups excluding carboxylic acids is 1. The van der Waals surface area contributed by atoms with Crippen LogP contribution in [0.1, 0.15) is 49.4 Å². The number of methoxy groups -OCH3 is 1. The van der Waals surface area contributed by atoms with Crippen molar-refractivity contribution in [2.24, 2.45) is 11.8 Å². The lowest BCUT2D eigenvalue weighted by Gasteiger charge is -2.47. The smallest absolute Gasteiger partial charge is 0.257 e. The molecule has 1 aliphatic carbocycles. The van der Waals surface area contributed by atoms with Gasteiger partial charge in [0.1, 0.15) is 11.6 Å². The number of hydrogen-bond donors (Lipinski definition) is 0. The van der Waals surface area contributed by atoms with E-state index in [4.69, 9.17) is 4.74 Å². The van der Waals surface area contributed by atoms with Gasteiger partial charge in [0.05, 0.1) is 12.7 Å². The monoisotopic (exact) mass is 305 g/mol. The zero-order valence-corrected chi connectivity index (χ0v) is 13.3. The van der Waals surface area contributed by atoms with Crippen LogP contribution in [0, 0.1) is 17.7 Å². The van der Waals surface area contributed by atoms with Crippen LogP contribution in [0.2, 0.25) is 0 Å². The molecule has 3 nitrogen and oxygen atoms in total. The number of hydrogen-bond acceptors (Lipinski definition) is 2. The van der Waals surface area contributed by atoms with Gasteiger partial charge < -0.3 is 9.64 Å². The molecule has 1 saturated carbocycles. The Balaban J connectivity index is 1.89. The standard InChI is InChI=1S/C18H24FNO2/c1-12-9-10-20(16-6-4-3-5-14(12)16)18(21)15-11-13(19)7-8-17(15)22-2/h7-8,11-12,14,16H,3-6,9-10H2,1-2H3. The van der Waals surface area contributed by atoms with Gasteiger partial charge in [-0.25, -0.2) is 4.39 Å². The third kappa shape index (κ3) is 2.71. The number of halogens is 1. The lowest BCUT2D eigenvalue weighted by molar-refractivity contribution is 0.0215. The van der Waals surface area contributed by atoms with Crippen LogP contribution in [0.3, 0.4) is 0 Å². The van der Waals surface area contributed by atoms with Gasteiger partial charge in [0, 0.05) is 12.6 Å². The molecule has 3 atom stereocenters. The van der Waals surface area contributed by atoms with Gasteiger partial charge in [0.15, 0.2) is 0 Å². The first-order valence-corrected chi connectivity index (χ1v) is 8.26. The zero-order valence-electron chi connectivity index (χ0n) is 13.3. The summed E-state index contributed by atoms with van der Waals surface area (Å²) in [5, 5.41) is 0. The van der Waals surface area contributed by atoms with Gasteiger partial charge in [0.25, 0.3) is 5.91 Å². The molecule has 1 amide bonds. The van der Waals surface area contributed by atoms with Gasteiger partial charge in [-0.2, -0.15) is 0 Å². The molecule has 2 aliphatic rings. The van der Waals surface area contributed by atoms with E-state index in [0.29, 0.717) is 29.2 Å². The minimum atomic E-state index is -0.394. The second-order valence-electron chi connectivity index (χ2n) is 6.62. The van der Waals surface area contributed by atoms with Crippen molar-refractivity contribution in [1.82, 2.24) is 4.90 Å². The molecule has 1 aromatic rings. The van der Waals surface area contributed by atoms with E-state index in [1.54, 1.807) is 0 Å². The molecule has 1 saturated heterocycles. The number of fused-ring (bicyclic) bond motifs is 1. The molecule has 120 valence electrons. The molecule has 4 heteroatoms. The largest absolute Gasteiger partial charge is 0.496 e. The molecule has 0 aromatic heterocycles. The fraction of sp³-hybridized carbons (Fsp3) is 0.611. The molecular weight excluding hydrogens is 281 g/mol. The summed E-state index contributed by atoms with van der Waals surface area (Å²) in [5.74, 6) is 1.24. The molecule has 0 spiro atoms. The fourth-order valence-corrected chi connectivity index (χ4v) is 4.17. The SMILES string of the molecule is COc1ccc(F)cc1C(=O)N1CCC(C)C2CCCCC21. The first kappa shape index (κ1) is 15.3. The predicted molar refractivity (Wildman–Crippen MR) is 83.5 cm³/mol. The van der Waals surface area contributed by atoms with Crippen molar-refractivity contribution in [3.05, 3.63) is 29.6 Å². The molecule has 1 aromatic carbocycles. The van der Waals surface area contributed by atoms with Gasteiger partial charge in [-0.05, 0) is 49.3 Å². The summed E-state index contributed by atoms with van der Waals surface area (Å²) in [6.07, 6.45) is 5.74. The van der Waals surface area contributed by atoms with E-state index in [-0.39, 0.29) is 5.91 Å². The Labute approximate surface area is 131 Å². The lowest BCUT2D eigenvalue weighted by atomic mass is 9.72. The molecular formula is C18H24FNO2. The summed E-state index contributed by atoms with van der Waals surface area (Å²) < 4.78 is 18.8. The van der Waals surface area contributed by atoms with Crippen LogP contribution in [0.5, 0.6) is 5.75 Å². The van der Waals surface area contributed by atoms with Gasteiger partial charge in [-0.3, -0.25) is 4.79 Å². The molecule has 22 heavy (non-hydrogen) atoms. The van der Waals surface area contributed by atoms with E-state index in [1.165, 1.54) is 44.6 Å². The number of carbonyl (C=O) groups is 1. The summed E-state index contributed by atoms with van der Waals surface area (Å²) in [6, 6.07) is 4.47. The summed E-state index contributed by atoms with van der Waals surface area (Å²) in [5.41, 5.74) is 0.348. The number of benzene rings is 1. The van der Waals surface area contributed by atoms with E-state index in [1.807, 2.05) is 4.90 Å². The van der Waals surface area contributed by atoms with Crippen molar-refractivity contribution in [3.63, 3.8) is 0 Å². The normalized spacial score (nSPS) is 28.1. The minimum Gasteiger partial charge on any atom is -0.496 e. The first-order valence-electron chi connectivity index (χ1n) is 8.26. The molecule has 1 aliphatic heterocycles. The number of ether oxygens (including phenoxy) is 1. The third-order valence-electron chi connectivity index (χ3n) is 5.39. The minimum absolute atomic E-state index is 0.0832. The third-order valence-corrected chi connectivity index (χ3v) is 5.39. The van der Waals surface area contributed by atoms with Gasteiger partial charge in [-0.15, -0.1) is 0 Å². The Bertz CT molecular complexity index is 560. The Morgan fingerprint density at radius 1 is 1.27 bits per heavy atom. The van der Waals surface area contributed by atoms with Crippen molar-refractivity contribution >= 4 is 5.91 Å². The summed E-state index contributed by atoms with van der Waals surface area (Å²) >= 11 is 0. The maximum atomic E-state index is 13.6. The summed E-state index contributed by atoms with van der Waals surface area (Å²) in [7, 11) is 1.52. The predicted octanol–water partition coefficient (Wildman–Crippen LogP) is 3.88. The highest BCUT2D eigenvalue weighted by atomic mass is 19.1. The second-order valence-corrected chi connectivity index (χ2v) is 6.62. The highest BCUT2D eigenvalue weighted by molar-refractivity contribution is 5.97. The maximum absolute atomic E-state index is 13.6. The van der Waals surface area contributed by atoms with Crippen molar-refractivity contribution in [2.45, 2.75) is 45.1 Å². The Morgan fingerprint density at radius 2 is 2.05 bits per heavy atom. The molecule has 0 N–H and O–H groups in total. The number of amides is 1. The Hall–Kier alpha value is -1.58. The Kier molecular flexibility index (Phi) is 4.37. The molecule has 0 radical (unpaired) electrons. The molecule has 1 heterocycles. The van der Waals surface area contributed by atoms with E-state index < -0.39 is 5.82 Å². The van der Waals surface area contributed by atoms with Crippen LogP contribution in [-0.2, 0) is 0 Å². The van der Waals surface area contributed by atoms with Crippen LogP contribution in [0.25, 0.3) is 0 Å². The molecule has 3 rings (SSSR count). The van der Waals surface area contributed by atoms with E-state index in [2.05, 4.69) is 6.92 Å². The van der Waals surface area contributed by atoms with E-state index >= 15 is 0 Å². The number of likely N-dealkylation sites (tertiary alicyclic amines) is 1. The number of nitrogens with zero attached hydrogens (tertiary/aromatic N) is 1. The van der Waals surface area contributed by atoms with Crippen LogP contribution in [0.15, 0.2) is 18.2 Å². The van der Waals surface area contributed by atoms with Crippen molar-refractivity contribution in [1.29, 1.82) is 0 Å². The number of piperidine rings is 1. The van der Waals surface area contributed by atoms with Crippen LogP contribution in [-0.4, -0.2) is 30.5 Å². The van der Waals surface area contributed by atoms with E-state index in [0.717, 1.165) is 19.4 Å². The highest BCUT2D eigenvalue weighted by Crippen LogP contribution is 2.39. The van der Waals surface area contributed by atoms with E-state index in [9.17, 15) is 9.18 Å². The fourth-order valence-electron chi connectivity index (χ4n) is 4.17. The quantitative estimate of drug-likeness (QED) is 0.830. The highest BCUT2D eigenvalue weighted by Gasteiger charge is 2.40. The lowest BCUT2D eigenvalue weighted by Crippen LogP contribution is -2.52. The molecule has 3 unspecified atom stereocenters. The van der Waals surface area contributed by atoms with Gasteiger partial charge in [0.2, 0.25) is 0 Å². The molecule has 0 bridgehead atoms. The average molecular weight is 305 g/mol. The van der Waals surface area contributed by atoms with Crippen molar-refractivity contribution < 1.29 is 13.9 Å². The summed E-state index contributed by atoms with van der Waals surface area (Å²) in [6.45, 7) is 3.06. The Morgan fingerprint density at radius 3 is 2.82 bits per heavy atom. The number of rotatable bonds is 2. The second kappa shape index (κ2) is 6.27. The van der Waals surface area contributed by atoms with Crippen LogP contribution >= 0.6 is 0 Å². The van der Waals surface area contributed by atoms with Crippen LogP contribution in [0.4, 0.5) is 4.39 Å². The van der Waals surface area contributed by atoms with Crippen molar-refractivity contribution in [3.8, 4) is 5.75 Å². The van der Waals surface area contributed by atoms with Crippen molar-refractivity contribution in [2.75, 3.05) is 13.7 Å². The topological polar surface area (TPSA) is 29.5 Å². The van der Waals surface area contributed by atoms with Gasteiger partial charge >= 0.3 is 0 Å².